The van der Waals surface area contributed by atoms with Crippen molar-refractivity contribution in [2.75, 3.05) is 5.50 Å². The van der Waals surface area contributed by atoms with Crippen LogP contribution in [0.3, 0.4) is 0 Å². The number of rotatable bonds is 5. The highest BCUT2D eigenvalue weighted by atomic mass is 35.5. The summed E-state index contributed by atoms with van der Waals surface area (Å²) in [6.45, 7) is 4.50. The molecule has 0 atom stereocenters. The molecule has 0 aliphatic heterocycles. The Hall–Kier alpha value is 0.507. The van der Waals surface area contributed by atoms with Gasteiger partial charge in [0.15, 0.2) is 0 Å². The van der Waals surface area contributed by atoms with E-state index in [0.717, 1.165) is 5.50 Å². The normalized spacial score (nSPS) is 10.7. The Morgan fingerprint density at radius 1 is 1.33 bits per heavy atom. The fraction of sp³-hybridized carbons (Fsp3) is 1.00. The number of unbranched alkanes of at least 4 members (excludes halogenated alkanes) is 1. The van der Waals surface area contributed by atoms with Crippen LogP contribution in [-0.2, 0) is 0 Å². The van der Waals surface area contributed by atoms with Gasteiger partial charge in [-0.1, -0.05) is 38.8 Å². The number of hydrogen-bond donors (Lipinski definition) is 0. The van der Waals surface area contributed by atoms with Gasteiger partial charge >= 0.3 is 0 Å². The maximum absolute atomic E-state index is 5.75. The third-order valence-electron chi connectivity index (χ3n) is 1.57. The molecule has 0 saturated carbocycles. The summed E-state index contributed by atoms with van der Waals surface area (Å²) in [5.41, 5.74) is 0.946. The molecule has 1 radical (unpaired) electrons. The lowest BCUT2D eigenvalue weighted by atomic mass is 10.4. The predicted octanol–water partition coefficient (Wildman–Crippen LogP) is 3.08. The first-order valence-electron chi connectivity index (χ1n) is 3.74. The highest BCUT2D eigenvalue weighted by molar-refractivity contribution is 6.67. The summed E-state index contributed by atoms with van der Waals surface area (Å²) in [4.78, 5) is 0. The van der Waals surface area contributed by atoms with E-state index in [0.29, 0.717) is 0 Å². The van der Waals surface area contributed by atoms with Gasteiger partial charge in [-0.05, 0) is 0 Å². The summed E-state index contributed by atoms with van der Waals surface area (Å²) < 4.78 is 0. The number of alkyl halides is 1. The van der Waals surface area contributed by atoms with Crippen LogP contribution in [0.15, 0.2) is 0 Å². The van der Waals surface area contributed by atoms with E-state index in [4.69, 9.17) is 11.6 Å². The first-order chi connectivity index (χ1) is 4.35. The van der Waals surface area contributed by atoms with Crippen LogP contribution in [0.5, 0.6) is 0 Å². The van der Waals surface area contributed by atoms with E-state index in [1.54, 1.807) is 0 Å². The number of hydrogen-bond acceptors (Lipinski definition) is 0. The summed E-state index contributed by atoms with van der Waals surface area (Å²) in [6.07, 6.45) is 2.71. The zero-order chi connectivity index (χ0) is 7.11. The summed E-state index contributed by atoms with van der Waals surface area (Å²) in [6, 6.07) is 2.76. The lowest BCUT2D eigenvalue weighted by Gasteiger charge is -2.05. The second-order valence-corrected chi connectivity index (χ2v) is 6.12. The van der Waals surface area contributed by atoms with Crippen molar-refractivity contribution in [2.45, 2.75) is 38.8 Å². The molecule has 0 bridgehead atoms. The van der Waals surface area contributed by atoms with E-state index in [2.05, 4.69) is 13.8 Å². The highest BCUT2D eigenvalue weighted by Gasteiger charge is 2.04. The van der Waals surface area contributed by atoms with Gasteiger partial charge in [-0.2, -0.15) is 0 Å². The molecule has 0 aliphatic rings. The minimum Gasteiger partial charge on any atom is -0.130 e. The van der Waals surface area contributed by atoms with Crippen LogP contribution >= 0.6 is 11.6 Å². The number of halogens is 1. The summed E-state index contributed by atoms with van der Waals surface area (Å²) in [5.74, 6) is 0. The Morgan fingerprint density at radius 2 is 2.00 bits per heavy atom. The van der Waals surface area contributed by atoms with Gasteiger partial charge in [0.2, 0.25) is 0 Å². The van der Waals surface area contributed by atoms with E-state index in [1.165, 1.54) is 24.9 Å². The molecule has 0 heterocycles. The van der Waals surface area contributed by atoms with E-state index in [-0.39, 0.29) is 8.80 Å². The van der Waals surface area contributed by atoms with Gasteiger partial charge in [-0.15, -0.1) is 11.6 Å². The van der Waals surface area contributed by atoms with Crippen LogP contribution in [-0.4, -0.2) is 14.3 Å². The van der Waals surface area contributed by atoms with E-state index in [9.17, 15) is 0 Å². The topological polar surface area (TPSA) is 0 Å². The van der Waals surface area contributed by atoms with Crippen molar-refractivity contribution < 1.29 is 0 Å². The molecule has 0 aromatic carbocycles. The molecule has 0 nitrogen and oxygen atoms in total. The van der Waals surface area contributed by atoms with Crippen LogP contribution in [0, 0.1) is 0 Å². The van der Waals surface area contributed by atoms with Crippen LogP contribution < -0.4 is 0 Å². The van der Waals surface area contributed by atoms with Crippen LogP contribution in [0.4, 0.5) is 0 Å². The molecule has 0 aromatic rings. The van der Waals surface area contributed by atoms with Gasteiger partial charge in [-0.3, -0.25) is 0 Å². The molecule has 55 valence electrons. The van der Waals surface area contributed by atoms with Gasteiger partial charge in [-0.25, -0.2) is 0 Å². The molecule has 0 aliphatic carbocycles. The molecule has 0 aromatic heterocycles. The molecule has 0 unspecified atom stereocenters. The molecule has 0 spiro atoms. The van der Waals surface area contributed by atoms with Gasteiger partial charge in [0, 0.05) is 5.50 Å². The summed E-state index contributed by atoms with van der Waals surface area (Å²) >= 11 is 5.75. The fourth-order valence-electron chi connectivity index (χ4n) is 0.765. The summed E-state index contributed by atoms with van der Waals surface area (Å²) in [7, 11) is -0.121. The molecule has 0 rings (SSSR count). The third-order valence-corrected chi connectivity index (χ3v) is 5.15. The van der Waals surface area contributed by atoms with Gasteiger partial charge in [0.05, 0.1) is 8.80 Å². The minimum absolute atomic E-state index is 0.121. The Bertz CT molecular complexity index is 52.9. The van der Waals surface area contributed by atoms with E-state index < -0.39 is 0 Å². The average Bonchev–Trinajstić information content (AvgIpc) is 1.91. The third kappa shape index (κ3) is 4.98. The Kier molecular flexibility index (Phi) is 7.00. The first-order valence-corrected chi connectivity index (χ1v) is 6.40. The van der Waals surface area contributed by atoms with Crippen molar-refractivity contribution >= 4 is 20.4 Å². The van der Waals surface area contributed by atoms with Crippen molar-refractivity contribution in [1.82, 2.24) is 0 Å². The van der Waals surface area contributed by atoms with Crippen LogP contribution in [0.25, 0.3) is 0 Å². The van der Waals surface area contributed by atoms with Crippen molar-refractivity contribution in [2.24, 2.45) is 0 Å². The fourth-order valence-corrected chi connectivity index (χ4v) is 3.26. The quantitative estimate of drug-likeness (QED) is 0.432. The van der Waals surface area contributed by atoms with Crippen molar-refractivity contribution in [3.63, 3.8) is 0 Å². The Balaban J connectivity index is 3.09. The predicted molar refractivity (Wildman–Crippen MR) is 46.7 cm³/mol. The lowest BCUT2D eigenvalue weighted by molar-refractivity contribution is 0.871. The van der Waals surface area contributed by atoms with Gasteiger partial charge in [0.1, 0.15) is 0 Å². The lowest BCUT2D eigenvalue weighted by Crippen LogP contribution is -2.12. The van der Waals surface area contributed by atoms with Crippen molar-refractivity contribution in [3.8, 4) is 0 Å². The first kappa shape index (κ1) is 9.51. The molecule has 0 saturated heterocycles. The molecule has 0 amide bonds. The molecular weight excluding hydrogens is 148 g/mol. The zero-order valence-electron chi connectivity index (χ0n) is 6.41. The molecule has 9 heavy (non-hydrogen) atoms. The van der Waals surface area contributed by atoms with Crippen molar-refractivity contribution in [1.29, 1.82) is 0 Å². The Morgan fingerprint density at radius 3 is 2.33 bits per heavy atom. The Labute approximate surface area is 65.2 Å². The largest absolute Gasteiger partial charge is 0.130 e. The van der Waals surface area contributed by atoms with Gasteiger partial charge in [0.25, 0.3) is 0 Å². The second-order valence-electron chi connectivity index (χ2n) is 2.34. The van der Waals surface area contributed by atoms with Crippen LogP contribution in [0.2, 0.25) is 12.1 Å². The molecule has 0 N–H and O–H groups in total. The summed E-state index contributed by atoms with van der Waals surface area (Å²) in [5, 5.41) is 0. The monoisotopic (exact) mass is 163 g/mol. The smallest absolute Gasteiger partial charge is 0.0656 e. The maximum atomic E-state index is 5.75. The molecule has 2 heteroatoms. The zero-order valence-corrected chi connectivity index (χ0v) is 8.17. The van der Waals surface area contributed by atoms with Crippen LogP contribution in [0.1, 0.15) is 26.7 Å². The minimum atomic E-state index is -0.121. The maximum Gasteiger partial charge on any atom is 0.0656 e. The second kappa shape index (κ2) is 6.62. The van der Waals surface area contributed by atoms with E-state index in [1.807, 2.05) is 0 Å². The molecular formula is C7H16ClSi. The average molecular weight is 164 g/mol. The SMILES string of the molecule is CCCC[Si](CC)CCl. The van der Waals surface area contributed by atoms with E-state index >= 15 is 0 Å². The van der Waals surface area contributed by atoms with Crippen molar-refractivity contribution in [3.05, 3.63) is 0 Å². The van der Waals surface area contributed by atoms with Gasteiger partial charge < -0.3 is 0 Å². The standard InChI is InChI=1S/C7H16ClSi/c1-3-5-6-9(4-2)7-8/h3-7H2,1-2H3. The molecule has 0 fully saturated rings. The highest BCUT2D eigenvalue weighted by Crippen LogP contribution is 2.06.